The molecule has 0 aliphatic heterocycles. The van der Waals surface area contributed by atoms with Crippen LogP contribution in [-0.2, 0) is 4.79 Å². The summed E-state index contributed by atoms with van der Waals surface area (Å²) in [7, 11) is 0. The van der Waals surface area contributed by atoms with Crippen LogP contribution in [0.4, 0.5) is 0 Å². The molecule has 4 saturated carbocycles. The SMILES string of the molecule is CC(CCC(=O)O)C1CCC2C3C(O)CC4CC(N)(O)CCC4(C)C3CC(O)C12C. The molecule has 4 rings (SSSR count). The van der Waals surface area contributed by atoms with Gasteiger partial charge in [-0.15, -0.1) is 0 Å². The number of aliphatic carboxylic acids is 1. The molecular formula is C24H41NO5. The van der Waals surface area contributed by atoms with E-state index in [0.29, 0.717) is 32.1 Å². The van der Waals surface area contributed by atoms with Gasteiger partial charge >= 0.3 is 5.97 Å². The van der Waals surface area contributed by atoms with E-state index >= 15 is 0 Å². The van der Waals surface area contributed by atoms with Crippen molar-refractivity contribution in [3.8, 4) is 0 Å². The molecule has 30 heavy (non-hydrogen) atoms. The van der Waals surface area contributed by atoms with Gasteiger partial charge in [-0.3, -0.25) is 4.79 Å². The van der Waals surface area contributed by atoms with Gasteiger partial charge in [0.2, 0.25) is 0 Å². The molecule has 6 N–H and O–H groups in total. The maximum atomic E-state index is 11.5. The van der Waals surface area contributed by atoms with Crippen LogP contribution in [0.15, 0.2) is 0 Å². The van der Waals surface area contributed by atoms with Gasteiger partial charge < -0.3 is 26.2 Å². The van der Waals surface area contributed by atoms with Crippen LogP contribution < -0.4 is 5.73 Å². The fourth-order valence-electron chi connectivity index (χ4n) is 8.73. The van der Waals surface area contributed by atoms with Crippen LogP contribution in [0.2, 0.25) is 0 Å². The number of hydrogen-bond donors (Lipinski definition) is 5. The Bertz CT molecular complexity index is 683. The molecule has 0 radical (unpaired) electrons. The number of aliphatic hydroxyl groups is 3. The zero-order valence-corrected chi connectivity index (χ0v) is 18.8. The number of nitrogens with two attached hydrogens (primary N) is 1. The molecule has 0 amide bonds. The maximum absolute atomic E-state index is 11.5. The van der Waals surface area contributed by atoms with Gasteiger partial charge in [0.15, 0.2) is 0 Å². The molecule has 0 aromatic heterocycles. The summed E-state index contributed by atoms with van der Waals surface area (Å²) < 4.78 is 0. The minimum absolute atomic E-state index is 0.00911. The highest BCUT2D eigenvalue weighted by Crippen LogP contribution is 2.68. The number of carbonyl (C=O) groups is 1. The van der Waals surface area contributed by atoms with E-state index in [1.807, 2.05) is 0 Å². The molecule has 6 nitrogen and oxygen atoms in total. The second-order valence-electron chi connectivity index (χ2n) is 11.8. The van der Waals surface area contributed by atoms with E-state index in [1.165, 1.54) is 0 Å². The summed E-state index contributed by atoms with van der Waals surface area (Å²) in [6.07, 6.45) is 5.25. The van der Waals surface area contributed by atoms with Gasteiger partial charge in [-0.2, -0.15) is 0 Å². The second kappa shape index (κ2) is 7.43. The smallest absolute Gasteiger partial charge is 0.303 e. The normalized spacial score (nSPS) is 54.0. The van der Waals surface area contributed by atoms with Crippen LogP contribution in [0.5, 0.6) is 0 Å². The van der Waals surface area contributed by atoms with E-state index in [9.17, 15) is 20.1 Å². The van der Waals surface area contributed by atoms with Gasteiger partial charge in [0.05, 0.1) is 12.2 Å². The predicted octanol–water partition coefficient (Wildman–Crippen LogP) is 2.74. The topological polar surface area (TPSA) is 124 Å². The maximum Gasteiger partial charge on any atom is 0.303 e. The Morgan fingerprint density at radius 1 is 1.13 bits per heavy atom. The number of aliphatic hydroxyl groups excluding tert-OH is 2. The largest absolute Gasteiger partial charge is 0.481 e. The third kappa shape index (κ3) is 3.33. The molecule has 0 aromatic carbocycles. The van der Waals surface area contributed by atoms with Crippen molar-refractivity contribution in [3.05, 3.63) is 0 Å². The molecule has 6 heteroatoms. The first-order chi connectivity index (χ1) is 13.9. The Labute approximate surface area is 180 Å². The minimum atomic E-state index is -1.14. The van der Waals surface area contributed by atoms with Crippen molar-refractivity contribution in [1.29, 1.82) is 0 Å². The average molecular weight is 424 g/mol. The van der Waals surface area contributed by atoms with Crippen molar-refractivity contribution in [3.63, 3.8) is 0 Å². The molecule has 0 bridgehead atoms. The molecule has 11 atom stereocenters. The Kier molecular flexibility index (Phi) is 5.57. The monoisotopic (exact) mass is 423 g/mol. The van der Waals surface area contributed by atoms with E-state index < -0.39 is 23.9 Å². The lowest BCUT2D eigenvalue weighted by Crippen LogP contribution is -2.64. The number of carboxylic acid groups (broad SMARTS) is 1. The summed E-state index contributed by atoms with van der Waals surface area (Å²) in [4.78, 5) is 11.1. The Morgan fingerprint density at radius 3 is 2.50 bits per heavy atom. The van der Waals surface area contributed by atoms with E-state index in [4.69, 9.17) is 10.8 Å². The van der Waals surface area contributed by atoms with Gasteiger partial charge in [-0.25, -0.2) is 0 Å². The summed E-state index contributed by atoms with van der Waals surface area (Å²) in [5, 5.41) is 42.3. The summed E-state index contributed by atoms with van der Waals surface area (Å²) in [5.41, 5.74) is 4.65. The molecule has 0 heterocycles. The third-order valence-electron chi connectivity index (χ3n) is 10.5. The first-order valence-electron chi connectivity index (χ1n) is 12.0. The van der Waals surface area contributed by atoms with E-state index in [1.54, 1.807) is 0 Å². The standard InChI is InChI=1S/C24H41NO5/c1-13(4-7-20(28)29)15-5-6-16-21-17(11-19(27)23(15,16)3)22(2)8-9-24(25,30)12-14(22)10-18(21)26/h13-19,21,26-27,30H,4-12,25H2,1-3H3,(H,28,29). The van der Waals surface area contributed by atoms with Crippen molar-refractivity contribution in [2.24, 2.45) is 52.1 Å². The summed E-state index contributed by atoms with van der Waals surface area (Å²) >= 11 is 0. The number of hydrogen-bond acceptors (Lipinski definition) is 5. The van der Waals surface area contributed by atoms with Crippen LogP contribution >= 0.6 is 0 Å². The van der Waals surface area contributed by atoms with Gasteiger partial charge in [0.1, 0.15) is 5.72 Å². The van der Waals surface area contributed by atoms with Crippen molar-refractivity contribution >= 4 is 5.97 Å². The zero-order chi connectivity index (χ0) is 22.1. The van der Waals surface area contributed by atoms with Gasteiger partial charge in [0, 0.05) is 6.42 Å². The number of rotatable bonds is 4. The molecule has 0 saturated heterocycles. The highest BCUT2D eigenvalue weighted by molar-refractivity contribution is 5.66. The predicted molar refractivity (Wildman–Crippen MR) is 113 cm³/mol. The lowest BCUT2D eigenvalue weighted by atomic mass is 9.42. The molecular weight excluding hydrogens is 382 g/mol. The van der Waals surface area contributed by atoms with Crippen LogP contribution in [0.3, 0.4) is 0 Å². The minimum Gasteiger partial charge on any atom is -0.481 e. The fraction of sp³-hybridized carbons (Fsp3) is 0.958. The summed E-state index contributed by atoms with van der Waals surface area (Å²) in [6.45, 7) is 6.64. The molecule has 0 aromatic rings. The van der Waals surface area contributed by atoms with Crippen LogP contribution in [0.1, 0.15) is 78.6 Å². The highest BCUT2D eigenvalue weighted by Gasteiger charge is 2.66. The third-order valence-corrected chi connectivity index (χ3v) is 10.5. The van der Waals surface area contributed by atoms with Gasteiger partial charge in [-0.05, 0) is 97.7 Å². The second-order valence-corrected chi connectivity index (χ2v) is 11.8. The number of fused-ring (bicyclic) bond motifs is 5. The summed E-state index contributed by atoms with van der Waals surface area (Å²) in [6, 6.07) is 0. The molecule has 172 valence electrons. The van der Waals surface area contributed by atoms with Crippen molar-refractivity contribution in [2.45, 2.75) is 96.5 Å². The Balaban J connectivity index is 1.61. The van der Waals surface area contributed by atoms with E-state index in [2.05, 4.69) is 20.8 Å². The van der Waals surface area contributed by atoms with Crippen molar-refractivity contribution in [1.82, 2.24) is 0 Å². The Hall–Kier alpha value is -0.690. The zero-order valence-electron chi connectivity index (χ0n) is 18.8. The fourth-order valence-corrected chi connectivity index (χ4v) is 8.73. The highest BCUT2D eigenvalue weighted by atomic mass is 16.4. The first-order valence-corrected chi connectivity index (χ1v) is 12.0. The lowest BCUT2D eigenvalue weighted by molar-refractivity contribution is -0.215. The molecule has 11 unspecified atom stereocenters. The van der Waals surface area contributed by atoms with Gasteiger partial charge in [-0.1, -0.05) is 20.8 Å². The molecule has 0 spiro atoms. The lowest BCUT2D eigenvalue weighted by Gasteiger charge is -2.64. The van der Waals surface area contributed by atoms with Gasteiger partial charge in [0.25, 0.3) is 0 Å². The van der Waals surface area contributed by atoms with Crippen molar-refractivity contribution < 1.29 is 25.2 Å². The van der Waals surface area contributed by atoms with E-state index in [-0.39, 0.29) is 52.8 Å². The number of carboxylic acids is 1. The first kappa shape index (κ1) is 22.5. The average Bonchev–Trinajstić information content (AvgIpc) is 3.00. The van der Waals surface area contributed by atoms with Crippen LogP contribution in [0, 0.1) is 46.3 Å². The van der Waals surface area contributed by atoms with Crippen LogP contribution in [-0.4, -0.2) is 44.3 Å². The Morgan fingerprint density at radius 2 is 1.83 bits per heavy atom. The molecule has 4 fully saturated rings. The molecule has 4 aliphatic carbocycles. The summed E-state index contributed by atoms with van der Waals surface area (Å²) in [5.74, 6) is 0.619. The van der Waals surface area contributed by atoms with E-state index in [0.717, 1.165) is 19.3 Å². The van der Waals surface area contributed by atoms with Crippen LogP contribution in [0.25, 0.3) is 0 Å². The van der Waals surface area contributed by atoms with Crippen molar-refractivity contribution in [2.75, 3.05) is 0 Å². The molecule has 4 aliphatic rings. The quantitative estimate of drug-likeness (QED) is 0.443.